The Morgan fingerprint density at radius 3 is 2.34 bits per heavy atom. The van der Waals surface area contributed by atoms with Crippen LogP contribution in [0.15, 0.2) is 77.2 Å². The molecule has 0 N–H and O–H groups in total. The van der Waals surface area contributed by atoms with Gasteiger partial charge in [-0.2, -0.15) is 0 Å². The number of hydrogen-bond donors (Lipinski definition) is 0. The monoisotopic (exact) mass is 478 g/mol. The van der Waals surface area contributed by atoms with Gasteiger partial charge in [0.2, 0.25) is 0 Å². The molecule has 0 aliphatic rings. The minimum atomic E-state index is -2.13. The molecule has 3 nitrogen and oxygen atoms in total. The molecule has 156 valence electrons. The SMILES string of the molecule is Cc1nc(-c2cccc3c2oc2ccccc23)c2ccc3ccc[c]([Ge]([CH3])([CH3])[CH3])c3c2n1. The van der Waals surface area contributed by atoms with E-state index in [9.17, 15) is 0 Å². The first-order valence-corrected chi connectivity index (χ1v) is 18.4. The maximum absolute atomic E-state index is 6.34. The maximum atomic E-state index is 6.34. The standard InChI is InChI=1S/C28H24GeN2O/c1-17-30-26(22-12-8-11-20-19-10-5-6-14-24(19)32-28(20)22)21-16-15-18-9-7-13-23(29(2,3)4)25(18)27(21)31-17/h5-16H,1-4H3. The Kier molecular flexibility index (Phi) is 4.21. The van der Waals surface area contributed by atoms with Gasteiger partial charge in [-0.05, 0) is 0 Å². The summed E-state index contributed by atoms with van der Waals surface area (Å²) in [5.41, 5.74) is 4.79. The van der Waals surface area contributed by atoms with Crippen molar-refractivity contribution in [1.82, 2.24) is 9.97 Å². The fourth-order valence-corrected chi connectivity index (χ4v) is 8.22. The molecule has 0 aliphatic carbocycles. The van der Waals surface area contributed by atoms with E-state index in [1.54, 1.807) is 0 Å². The second-order valence-electron chi connectivity index (χ2n) is 9.52. The van der Waals surface area contributed by atoms with Crippen LogP contribution in [-0.2, 0) is 0 Å². The quantitative estimate of drug-likeness (QED) is 0.196. The molecule has 4 heteroatoms. The number of nitrogens with zero attached hydrogens (tertiary/aromatic N) is 2. The number of hydrogen-bond acceptors (Lipinski definition) is 3. The van der Waals surface area contributed by atoms with E-state index in [1.807, 2.05) is 19.1 Å². The van der Waals surface area contributed by atoms with Gasteiger partial charge in [-0.15, -0.1) is 0 Å². The molecular formula is C28H24GeN2O. The van der Waals surface area contributed by atoms with Crippen LogP contribution >= 0.6 is 0 Å². The predicted molar refractivity (Wildman–Crippen MR) is 137 cm³/mol. The number of furan rings is 1. The first-order chi connectivity index (χ1) is 15.4. The Balaban J connectivity index is 1.76. The molecule has 0 unspecified atom stereocenters. The third-order valence-corrected chi connectivity index (χ3v) is 10.6. The van der Waals surface area contributed by atoms with Crippen LogP contribution < -0.4 is 4.40 Å². The van der Waals surface area contributed by atoms with Gasteiger partial charge < -0.3 is 0 Å². The Hall–Kier alpha value is -3.18. The van der Waals surface area contributed by atoms with E-state index in [2.05, 4.69) is 77.9 Å². The number of para-hydroxylation sites is 2. The summed E-state index contributed by atoms with van der Waals surface area (Å²) in [6, 6.07) is 25.6. The molecule has 2 heterocycles. The van der Waals surface area contributed by atoms with Gasteiger partial charge in [0.15, 0.2) is 0 Å². The number of aryl methyl sites for hydroxylation is 1. The number of benzene rings is 4. The molecule has 0 saturated heterocycles. The molecule has 6 aromatic rings. The van der Waals surface area contributed by atoms with E-state index in [0.717, 1.165) is 49.9 Å². The third-order valence-electron chi connectivity index (χ3n) is 6.29. The van der Waals surface area contributed by atoms with Crippen LogP contribution in [0.25, 0.3) is 54.9 Å². The van der Waals surface area contributed by atoms with E-state index >= 15 is 0 Å². The molecule has 0 aliphatic heterocycles. The summed E-state index contributed by atoms with van der Waals surface area (Å²) in [4.78, 5) is 9.91. The number of rotatable bonds is 2. The number of fused-ring (bicyclic) bond motifs is 6. The molecule has 32 heavy (non-hydrogen) atoms. The van der Waals surface area contributed by atoms with Gasteiger partial charge in [-0.1, -0.05) is 0 Å². The van der Waals surface area contributed by atoms with Crippen molar-refractivity contribution in [2.45, 2.75) is 24.2 Å². The summed E-state index contributed by atoms with van der Waals surface area (Å²) < 4.78 is 7.83. The van der Waals surface area contributed by atoms with E-state index in [-0.39, 0.29) is 0 Å². The summed E-state index contributed by atoms with van der Waals surface area (Å²) in [5, 5.41) is 5.87. The Labute approximate surface area is 189 Å². The van der Waals surface area contributed by atoms with Gasteiger partial charge in [0, 0.05) is 0 Å². The second kappa shape index (κ2) is 6.91. The Morgan fingerprint density at radius 1 is 0.719 bits per heavy atom. The van der Waals surface area contributed by atoms with Gasteiger partial charge >= 0.3 is 190 Å². The molecule has 0 radical (unpaired) electrons. The second-order valence-corrected chi connectivity index (χ2v) is 20.1. The zero-order valence-corrected chi connectivity index (χ0v) is 20.8. The van der Waals surface area contributed by atoms with Crippen LogP contribution in [0.5, 0.6) is 0 Å². The average Bonchev–Trinajstić information content (AvgIpc) is 3.16. The molecule has 6 rings (SSSR count). The van der Waals surface area contributed by atoms with E-state index in [4.69, 9.17) is 14.4 Å². The van der Waals surface area contributed by atoms with E-state index in [1.165, 1.54) is 15.2 Å². The van der Waals surface area contributed by atoms with Crippen molar-refractivity contribution < 1.29 is 4.42 Å². The van der Waals surface area contributed by atoms with Crippen LogP contribution in [0.3, 0.4) is 0 Å². The predicted octanol–water partition coefficient (Wildman–Crippen LogP) is 7.20. The first kappa shape index (κ1) is 19.5. The summed E-state index contributed by atoms with van der Waals surface area (Å²) >= 11 is -2.13. The van der Waals surface area contributed by atoms with Crippen molar-refractivity contribution in [3.05, 3.63) is 78.6 Å². The van der Waals surface area contributed by atoms with E-state index < -0.39 is 13.3 Å². The van der Waals surface area contributed by atoms with Crippen molar-refractivity contribution in [2.75, 3.05) is 0 Å². The van der Waals surface area contributed by atoms with Gasteiger partial charge in [-0.25, -0.2) is 0 Å². The number of aromatic nitrogens is 2. The van der Waals surface area contributed by atoms with Crippen molar-refractivity contribution in [3.8, 4) is 11.3 Å². The molecule has 0 bridgehead atoms. The third kappa shape index (κ3) is 2.88. The first-order valence-electron chi connectivity index (χ1n) is 11.0. The summed E-state index contributed by atoms with van der Waals surface area (Å²) in [6.07, 6.45) is 0. The van der Waals surface area contributed by atoms with Gasteiger partial charge in [0.05, 0.1) is 0 Å². The molecule has 2 aromatic heterocycles. The van der Waals surface area contributed by atoms with Crippen molar-refractivity contribution >= 4 is 61.3 Å². The fourth-order valence-electron chi connectivity index (χ4n) is 4.84. The molecule has 0 amide bonds. The van der Waals surface area contributed by atoms with Crippen molar-refractivity contribution in [2.24, 2.45) is 0 Å². The normalized spacial score (nSPS) is 12.4. The summed E-state index contributed by atoms with van der Waals surface area (Å²) in [6.45, 7) is 1.99. The molecule has 0 fully saturated rings. The summed E-state index contributed by atoms with van der Waals surface area (Å²) in [5.74, 6) is 8.11. The van der Waals surface area contributed by atoms with Crippen molar-refractivity contribution in [1.29, 1.82) is 0 Å². The summed E-state index contributed by atoms with van der Waals surface area (Å²) in [7, 11) is 0. The van der Waals surface area contributed by atoms with Crippen molar-refractivity contribution in [3.63, 3.8) is 0 Å². The van der Waals surface area contributed by atoms with Gasteiger partial charge in [0.25, 0.3) is 0 Å². The van der Waals surface area contributed by atoms with Gasteiger partial charge in [-0.3, -0.25) is 0 Å². The minimum absolute atomic E-state index is 0.782. The van der Waals surface area contributed by atoms with Gasteiger partial charge in [0.1, 0.15) is 0 Å². The molecule has 0 saturated carbocycles. The Morgan fingerprint density at radius 2 is 1.50 bits per heavy atom. The van der Waals surface area contributed by atoms with Crippen LogP contribution in [-0.4, -0.2) is 23.2 Å². The fraction of sp³-hybridized carbons (Fsp3) is 0.143. The van der Waals surface area contributed by atoms with Crippen LogP contribution in [0, 0.1) is 6.92 Å². The molecule has 4 aromatic carbocycles. The topological polar surface area (TPSA) is 38.9 Å². The molecule has 0 spiro atoms. The molecular weight excluding hydrogens is 453 g/mol. The Bertz CT molecular complexity index is 1670. The zero-order valence-electron chi connectivity index (χ0n) is 18.7. The zero-order chi connectivity index (χ0) is 22.0. The molecule has 0 atom stereocenters. The van der Waals surface area contributed by atoms with Crippen LogP contribution in [0.4, 0.5) is 0 Å². The average molecular weight is 477 g/mol. The van der Waals surface area contributed by atoms with Crippen LogP contribution in [0.2, 0.25) is 17.3 Å². The van der Waals surface area contributed by atoms with Crippen LogP contribution in [0.1, 0.15) is 5.82 Å². The van der Waals surface area contributed by atoms with E-state index in [0.29, 0.717) is 0 Å².